The van der Waals surface area contributed by atoms with Crippen molar-refractivity contribution in [2.45, 2.75) is 51.3 Å². The number of thiol groups is 2. The number of hydrogen-bond donors (Lipinski definition) is 2. The van der Waals surface area contributed by atoms with Crippen LogP contribution in [0.15, 0.2) is 51.6 Å². The average molecular weight is 449 g/mol. The zero-order chi connectivity index (χ0) is 21.4. The molecule has 2 aromatic carbocycles. The van der Waals surface area contributed by atoms with E-state index in [-0.39, 0.29) is 0 Å². The minimum atomic E-state index is 0.484. The predicted molar refractivity (Wildman–Crippen MR) is 134 cm³/mol. The summed E-state index contributed by atoms with van der Waals surface area (Å²) in [5.74, 6) is 2.80. The number of rotatable bonds is 10. The molecule has 0 fully saturated rings. The van der Waals surface area contributed by atoms with E-state index in [0.717, 1.165) is 43.9 Å². The van der Waals surface area contributed by atoms with Crippen LogP contribution in [-0.2, 0) is 0 Å². The topological polar surface area (TPSA) is 18.5 Å². The van der Waals surface area contributed by atoms with Crippen molar-refractivity contribution in [1.82, 2.24) is 0 Å². The van der Waals surface area contributed by atoms with Gasteiger partial charge in [-0.1, -0.05) is 45.5 Å². The number of benzene rings is 2. The molecule has 5 heteroatoms. The van der Waals surface area contributed by atoms with Crippen LogP contribution in [-0.4, -0.2) is 13.7 Å². The van der Waals surface area contributed by atoms with E-state index >= 15 is 0 Å². The van der Waals surface area contributed by atoms with Crippen LogP contribution in [0.2, 0.25) is 0 Å². The second-order valence-electron chi connectivity index (χ2n) is 7.53. The zero-order valence-electron chi connectivity index (χ0n) is 17.9. The molecule has 0 spiro atoms. The molecule has 0 aliphatic carbocycles. The highest BCUT2D eigenvalue weighted by Crippen LogP contribution is 2.41. The quantitative estimate of drug-likeness (QED) is 0.284. The maximum Gasteiger partial charge on any atom is 0.127 e. The Morgan fingerprint density at radius 3 is 2.31 bits per heavy atom. The Labute approximate surface area is 191 Å². The van der Waals surface area contributed by atoms with E-state index < -0.39 is 0 Å². The Kier molecular flexibility index (Phi) is 9.87. The molecule has 0 aliphatic rings. The molecule has 0 bridgehead atoms. The number of hydrogen-bond acceptors (Lipinski definition) is 5. The third kappa shape index (κ3) is 7.23. The lowest BCUT2D eigenvalue weighted by Crippen LogP contribution is -2.04. The number of methoxy groups -OCH3 is 1. The second-order valence-corrected chi connectivity index (χ2v) is 9.81. The van der Waals surface area contributed by atoms with Crippen molar-refractivity contribution in [3.63, 3.8) is 0 Å². The Bertz CT molecular complexity index is 813. The molecule has 2 nitrogen and oxygen atoms in total. The molecule has 0 aromatic heterocycles. The molecule has 1 atom stereocenters. The van der Waals surface area contributed by atoms with Gasteiger partial charge in [0.2, 0.25) is 0 Å². The molecule has 0 N–H and O–H groups in total. The normalized spacial score (nSPS) is 13.2. The predicted octanol–water partition coefficient (Wildman–Crippen LogP) is 7.91. The lowest BCUT2D eigenvalue weighted by Gasteiger charge is -2.17. The molecular weight excluding hydrogens is 416 g/mol. The van der Waals surface area contributed by atoms with Crippen LogP contribution in [0, 0.1) is 5.92 Å². The summed E-state index contributed by atoms with van der Waals surface area (Å²) in [6.07, 6.45) is 2.11. The fourth-order valence-corrected chi connectivity index (χ4v) is 4.17. The van der Waals surface area contributed by atoms with E-state index in [0.29, 0.717) is 18.4 Å². The highest BCUT2D eigenvalue weighted by atomic mass is 32.2. The van der Waals surface area contributed by atoms with Gasteiger partial charge in [0.25, 0.3) is 0 Å². The maximum absolute atomic E-state index is 6.13. The molecule has 0 heterocycles. The van der Waals surface area contributed by atoms with Gasteiger partial charge in [0, 0.05) is 15.4 Å². The van der Waals surface area contributed by atoms with Crippen molar-refractivity contribution < 1.29 is 9.47 Å². The van der Waals surface area contributed by atoms with Crippen LogP contribution < -0.4 is 9.47 Å². The van der Waals surface area contributed by atoms with Crippen LogP contribution in [0.1, 0.15) is 57.6 Å². The van der Waals surface area contributed by atoms with Gasteiger partial charge in [-0.15, -0.1) is 25.3 Å². The zero-order valence-corrected chi connectivity index (χ0v) is 20.5. The van der Waals surface area contributed by atoms with Crippen molar-refractivity contribution in [2.24, 2.45) is 5.92 Å². The Morgan fingerprint density at radius 1 is 1.03 bits per heavy atom. The fraction of sp³-hybridized carbons (Fsp3) is 0.417. The van der Waals surface area contributed by atoms with Gasteiger partial charge in [-0.3, -0.25) is 0 Å². The molecule has 0 aliphatic heterocycles. The summed E-state index contributed by atoms with van der Waals surface area (Å²) >= 11 is 11.2. The van der Waals surface area contributed by atoms with E-state index in [4.69, 9.17) is 34.7 Å². The third-order valence-electron chi connectivity index (χ3n) is 4.87. The molecule has 0 radical (unpaired) electrons. The first-order valence-corrected chi connectivity index (χ1v) is 11.8. The summed E-state index contributed by atoms with van der Waals surface area (Å²) in [5.41, 5.74) is 2.29. The summed E-state index contributed by atoms with van der Waals surface area (Å²) < 4.78 is 12.2. The highest BCUT2D eigenvalue weighted by molar-refractivity contribution is 8.17. The first kappa shape index (κ1) is 24.1. The summed E-state index contributed by atoms with van der Waals surface area (Å²) in [6, 6.07) is 14.4. The summed E-state index contributed by atoms with van der Waals surface area (Å²) in [7, 11) is 1.67. The van der Waals surface area contributed by atoms with Crippen molar-refractivity contribution in [3.8, 4) is 11.5 Å². The first-order valence-electron chi connectivity index (χ1n) is 10.1. The van der Waals surface area contributed by atoms with Crippen molar-refractivity contribution in [2.75, 3.05) is 13.7 Å². The smallest absolute Gasteiger partial charge is 0.127 e. The van der Waals surface area contributed by atoms with Crippen molar-refractivity contribution in [1.29, 1.82) is 0 Å². The highest BCUT2D eigenvalue weighted by Gasteiger charge is 2.14. The van der Waals surface area contributed by atoms with Gasteiger partial charge in [0.15, 0.2) is 0 Å². The van der Waals surface area contributed by atoms with Gasteiger partial charge in [0.1, 0.15) is 11.5 Å². The molecule has 158 valence electrons. The molecule has 2 rings (SSSR count). The first-order chi connectivity index (χ1) is 13.8. The molecule has 0 amide bonds. The summed E-state index contributed by atoms with van der Waals surface area (Å²) in [6.45, 7) is 9.56. The molecule has 2 aromatic rings. The van der Waals surface area contributed by atoms with Crippen LogP contribution in [0.25, 0.3) is 4.91 Å². The van der Waals surface area contributed by atoms with Gasteiger partial charge in [-0.2, -0.15) is 0 Å². The fourth-order valence-electron chi connectivity index (χ4n) is 2.72. The SMILES string of the molecule is CCC(C)c1ccc(OCCC(C)C)c(/C(S)=C(/S)Sc2ccc(OC)cc2)c1. The van der Waals surface area contributed by atoms with Crippen LogP contribution in [0.3, 0.4) is 0 Å². The summed E-state index contributed by atoms with van der Waals surface area (Å²) in [5, 5.41) is 0. The lowest BCUT2D eigenvalue weighted by atomic mass is 9.96. The number of thioether (sulfide) groups is 1. The monoisotopic (exact) mass is 448 g/mol. The Balaban J connectivity index is 2.33. The van der Waals surface area contributed by atoms with E-state index in [1.54, 1.807) is 18.9 Å². The van der Waals surface area contributed by atoms with Gasteiger partial charge < -0.3 is 9.47 Å². The molecule has 0 saturated carbocycles. The molecule has 29 heavy (non-hydrogen) atoms. The van der Waals surface area contributed by atoms with Crippen molar-refractivity contribution in [3.05, 3.63) is 57.8 Å². The van der Waals surface area contributed by atoms with Crippen LogP contribution in [0.5, 0.6) is 11.5 Å². The van der Waals surface area contributed by atoms with E-state index in [1.807, 2.05) is 24.3 Å². The van der Waals surface area contributed by atoms with Crippen molar-refractivity contribution >= 4 is 41.9 Å². The molecular formula is C24H32O2S3. The molecule has 0 saturated heterocycles. The second kappa shape index (κ2) is 11.9. The molecule has 1 unspecified atom stereocenters. The van der Waals surface area contributed by atoms with E-state index in [2.05, 4.69) is 45.9 Å². The van der Waals surface area contributed by atoms with Gasteiger partial charge in [0.05, 0.1) is 18.0 Å². The minimum absolute atomic E-state index is 0.484. The maximum atomic E-state index is 6.13. The number of ether oxygens (including phenoxy) is 2. The lowest BCUT2D eigenvalue weighted by molar-refractivity contribution is 0.289. The Hall–Kier alpha value is -1.17. The van der Waals surface area contributed by atoms with Gasteiger partial charge in [-0.05, 0) is 66.6 Å². The van der Waals surface area contributed by atoms with Gasteiger partial charge >= 0.3 is 0 Å². The van der Waals surface area contributed by atoms with E-state index in [1.165, 1.54) is 5.56 Å². The average Bonchev–Trinajstić information content (AvgIpc) is 2.73. The summed E-state index contributed by atoms with van der Waals surface area (Å²) in [4.78, 5) is 1.92. The standard InChI is InChI=1S/C24H32O2S3/c1-6-17(4)18-7-12-22(26-14-13-16(2)3)21(15-18)23(27)24(28)29-20-10-8-19(25-5)9-11-20/h7-12,15-17,27-28H,6,13-14H2,1-5H3/b24-23+. The Morgan fingerprint density at radius 2 is 1.72 bits per heavy atom. The third-order valence-corrected chi connectivity index (χ3v) is 7.06. The minimum Gasteiger partial charge on any atom is -0.497 e. The van der Waals surface area contributed by atoms with Gasteiger partial charge in [-0.25, -0.2) is 0 Å². The largest absolute Gasteiger partial charge is 0.497 e. The van der Waals surface area contributed by atoms with Crippen LogP contribution in [0.4, 0.5) is 0 Å². The van der Waals surface area contributed by atoms with E-state index in [9.17, 15) is 0 Å². The van der Waals surface area contributed by atoms with Crippen LogP contribution >= 0.6 is 37.0 Å².